The molecule has 0 aliphatic heterocycles. The first-order valence-electron chi connectivity index (χ1n) is 8.81. The van der Waals surface area contributed by atoms with Crippen molar-refractivity contribution in [3.05, 3.63) is 42.1 Å². The van der Waals surface area contributed by atoms with E-state index in [4.69, 9.17) is 0 Å². The second-order valence-corrected chi connectivity index (χ2v) is 6.87. The summed E-state index contributed by atoms with van der Waals surface area (Å²) >= 11 is 0. The maximum Gasteiger partial charge on any atom is 0.403 e. The second kappa shape index (κ2) is 7.61. The van der Waals surface area contributed by atoms with E-state index < -0.39 is 12.2 Å². The minimum Gasteiger partial charge on any atom is -0.349 e. The molecule has 3 rings (SSSR count). The molecule has 1 atom stereocenters. The number of pyridine rings is 1. The second-order valence-electron chi connectivity index (χ2n) is 6.87. The monoisotopic (exact) mass is 365 g/mol. The lowest BCUT2D eigenvalue weighted by Crippen LogP contribution is -2.48. The molecule has 26 heavy (non-hydrogen) atoms. The van der Waals surface area contributed by atoms with E-state index in [0.29, 0.717) is 31.2 Å². The fourth-order valence-electron chi connectivity index (χ4n) is 3.32. The van der Waals surface area contributed by atoms with Gasteiger partial charge in [-0.3, -0.25) is 9.78 Å². The molecule has 0 bridgehead atoms. The van der Waals surface area contributed by atoms with E-state index in [1.165, 1.54) is 0 Å². The predicted octanol–water partition coefficient (Wildman–Crippen LogP) is 3.82. The topological polar surface area (TPSA) is 54.0 Å². The van der Waals surface area contributed by atoms with Crippen LogP contribution < -0.4 is 10.6 Å². The summed E-state index contributed by atoms with van der Waals surface area (Å²) in [4.78, 5) is 16.7. The molecule has 1 unspecified atom stereocenters. The average molecular weight is 365 g/mol. The Balaban J connectivity index is 1.53. The van der Waals surface area contributed by atoms with Crippen molar-refractivity contribution in [3.8, 4) is 0 Å². The zero-order valence-electron chi connectivity index (χ0n) is 14.5. The smallest absolute Gasteiger partial charge is 0.349 e. The van der Waals surface area contributed by atoms with Gasteiger partial charge in [-0.2, -0.15) is 13.2 Å². The number of para-hydroxylation sites is 1. The fourth-order valence-corrected chi connectivity index (χ4v) is 3.32. The number of fused-ring (bicyclic) bond motifs is 1. The van der Waals surface area contributed by atoms with Gasteiger partial charge in [0.05, 0.1) is 11.1 Å². The largest absolute Gasteiger partial charge is 0.403 e. The number of carbonyl (C=O) groups is 1. The van der Waals surface area contributed by atoms with Crippen LogP contribution in [-0.4, -0.2) is 35.2 Å². The van der Waals surface area contributed by atoms with Crippen molar-refractivity contribution in [1.29, 1.82) is 0 Å². The molecule has 1 heterocycles. The number of hydrogen-bond donors (Lipinski definition) is 2. The van der Waals surface area contributed by atoms with E-state index in [0.717, 1.165) is 17.8 Å². The van der Waals surface area contributed by atoms with Crippen LogP contribution in [0.1, 0.15) is 43.0 Å². The van der Waals surface area contributed by atoms with Gasteiger partial charge >= 0.3 is 6.18 Å². The highest BCUT2D eigenvalue weighted by atomic mass is 19.4. The Hall–Kier alpha value is -2.15. The summed E-state index contributed by atoms with van der Waals surface area (Å²) in [6.45, 7) is 1.14. The summed E-state index contributed by atoms with van der Waals surface area (Å²) in [5, 5.41) is 6.51. The molecule has 1 fully saturated rings. The van der Waals surface area contributed by atoms with E-state index >= 15 is 0 Å². The molecule has 1 amide bonds. The van der Waals surface area contributed by atoms with E-state index in [1.807, 2.05) is 24.3 Å². The van der Waals surface area contributed by atoms with Crippen LogP contribution in [-0.2, 0) is 0 Å². The summed E-state index contributed by atoms with van der Waals surface area (Å²) in [5.74, 6) is -0.191. The van der Waals surface area contributed by atoms with Crippen LogP contribution in [0.25, 0.3) is 10.9 Å². The fraction of sp³-hybridized carbons (Fsp3) is 0.474. The van der Waals surface area contributed by atoms with Crippen LogP contribution in [0.2, 0.25) is 0 Å². The number of aromatic nitrogens is 1. The molecule has 0 radical (unpaired) electrons. The van der Waals surface area contributed by atoms with Gasteiger partial charge in [-0.25, -0.2) is 0 Å². The zero-order chi connectivity index (χ0) is 18.7. The number of hydrogen-bond acceptors (Lipinski definition) is 3. The third-order valence-corrected chi connectivity index (χ3v) is 4.89. The summed E-state index contributed by atoms with van der Waals surface area (Å²) in [5.41, 5.74) is 1.32. The van der Waals surface area contributed by atoms with Gasteiger partial charge in [-0.1, -0.05) is 18.2 Å². The molecule has 1 aromatic carbocycles. The van der Waals surface area contributed by atoms with Gasteiger partial charge < -0.3 is 10.6 Å². The number of nitrogens with zero attached hydrogens (tertiary/aromatic N) is 1. The number of halogens is 3. The maximum atomic E-state index is 12.6. The molecule has 1 aliphatic rings. The number of carbonyl (C=O) groups excluding carboxylic acids is 1. The van der Waals surface area contributed by atoms with E-state index in [2.05, 4.69) is 15.6 Å². The molecule has 1 aliphatic carbocycles. The normalized spacial score (nSPS) is 22.2. The quantitative estimate of drug-likeness (QED) is 0.866. The highest BCUT2D eigenvalue weighted by Crippen LogP contribution is 2.24. The molecule has 7 heteroatoms. The lowest BCUT2D eigenvalue weighted by molar-refractivity contribution is -0.153. The standard InChI is InChI=1S/C19H22F3N3O/c1-12(19(20,21)22)24-15-6-8-16(9-7-15)25-18(26)14-10-13-4-2-3-5-17(13)23-11-14/h2-5,10-12,15-16,24H,6-9H2,1H3,(H,25,26). The molecule has 4 nitrogen and oxygen atoms in total. The molecule has 140 valence electrons. The van der Waals surface area contributed by atoms with E-state index in [1.54, 1.807) is 12.3 Å². The van der Waals surface area contributed by atoms with Crippen molar-refractivity contribution < 1.29 is 18.0 Å². The summed E-state index contributed by atoms with van der Waals surface area (Å²) in [7, 11) is 0. The minimum absolute atomic E-state index is 0.0202. The van der Waals surface area contributed by atoms with E-state index in [-0.39, 0.29) is 18.0 Å². The highest BCUT2D eigenvalue weighted by molar-refractivity contribution is 5.97. The number of benzene rings is 1. The highest BCUT2D eigenvalue weighted by Gasteiger charge is 2.37. The van der Waals surface area contributed by atoms with Gasteiger partial charge in [0.2, 0.25) is 0 Å². The first kappa shape index (κ1) is 18.6. The van der Waals surface area contributed by atoms with Crippen molar-refractivity contribution in [1.82, 2.24) is 15.6 Å². The third kappa shape index (κ3) is 4.52. The van der Waals surface area contributed by atoms with Gasteiger partial charge in [0.25, 0.3) is 5.91 Å². The summed E-state index contributed by atoms with van der Waals surface area (Å²) in [6.07, 6.45) is -0.128. The summed E-state index contributed by atoms with van der Waals surface area (Å²) in [6, 6.07) is 7.67. The van der Waals surface area contributed by atoms with Crippen LogP contribution >= 0.6 is 0 Å². The van der Waals surface area contributed by atoms with Crippen molar-refractivity contribution in [3.63, 3.8) is 0 Å². The van der Waals surface area contributed by atoms with Gasteiger partial charge in [0.15, 0.2) is 0 Å². The Labute approximate surface area is 150 Å². The molecule has 1 aromatic heterocycles. The lowest BCUT2D eigenvalue weighted by atomic mass is 9.90. The Kier molecular flexibility index (Phi) is 5.46. The molecule has 2 aromatic rings. The predicted molar refractivity (Wildman–Crippen MR) is 93.9 cm³/mol. The maximum absolute atomic E-state index is 12.6. The zero-order valence-corrected chi connectivity index (χ0v) is 14.5. The molecular formula is C19H22F3N3O. The van der Waals surface area contributed by atoms with Crippen LogP contribution in [0.15, 0.2) is 36.5 Å². The van der Waals surface area contributed by atoms with Gasteiger partial charge in [0.1, 0.15) is 6.04 Å². The van der Waals surface area contributed by atoms with Crippen molar-refractivity contribution >= 4 is 16.8 Å². The first-order valence-corrected chi connectivity index (χ1v) is 8.81. The van der Waals surface area contributed by atoms with E-state index in [9.17, 15) is 18.0 Å². The Morgan fingerprint density at radius 1 is 1.15 bits per heavy atom. The number of nitrogens with one attached hydrogen (secondary N) is 2. The molecular weight excluding hydrogens is 343 g/mol. The van der Waals surface area contributed by atoms with Crippen molar-refractivity contribution in [2.45, 2.75) is 56.9 Å². The Morgan fingerprint density at radius 2 is 1.81 bits per heavy atom. The third-order valence-electron chi connectivity index (χ3n) is 4.89. The molecule has 0 saturated heterocycles. The Morgan fingerprint density at radius 3 is 2.50 bits per heavy atom. The summed E-state index contributed by atoms with van der Waals surface area (Å²) < 4.78 is 37.9. The number of alkyl halides is 3. The SMILES string of the molecule is CC(NC1CCC(NC(=O)c2cnc3ccccc3c2)CC1)C(F)(F)F. The Bertz CT molecular complexity index is 770. The number of amides is 1. The van der Waals surface area contributed by atoms with Gasteiger partial charge in [-0.15, -0.1) is 0 Å². The number of rotatable bonds is 4. The van der Waals surface area contributed by atoms with Crippen molar-refractivity contribution in [2.24, 2.45) is 0 Å². The first-order chi connectivity index (χ1) is 12.3. The van der Waals surface area contributed by atoms with Crippen LogP contribution in [0.5, 0.6) is 0 Å². The van der Waals surface area contributed by atoms with Gasteiger partial charge in [0, 0.05) is 23.7 Å². The van der Waals surface area contributed by atoms with Crippen LogP contribution in [0.3, 0.4) is 0 Å². The molecule has 2 N–H and O–H groups in total. The molecule has 1 saturated carbocycles. The lowest BCUT2D eigenvalue weighted by Gasteiger charge is -2.32. The van der Waals surface area contributed by atoms with Crippen LogP contribution in [0.4, 0.5) is 13.2 Å². The average Bonchev–Trinajstić information content (AvgIpc) is 2.62. The van der Waals surface area contributed by atoms with Gasteiger partial charge in [-0.05, 0) is 44.7 Å². The van der Waals surface area contributed by atoms with Crippen molar-refractivity contribution in [2.75, 3.05) is 0 Å². The molecule has 0 spiro atoms. The van der Waals surface area contributed by atoms with Crippen LogP contribution in [0, 0.1) is 0 Å². The minimum atomic E-state index is -4.23.